The van der Waals surface area contributed by atoms with Crippen molar-refractivity contribution < 1.29 is 44.8 Å². The van der Waals surface area contributed by atoms with E-state index in [0.717, 1.165) is 73.8 Å². The third kappa shape index (κ3) is 19.6. The molecule has 0 fully saturated rings. The molecule has 12 aromatic rings. The van der Waals surface area contributed by atoms with Gasteiger partial charge in [-0.15, -0.1) is 131 Å². The van der Waals surface area contributed by atoms with Gasteiger partial charge in [0.25, 0.3) is 0 Å². The van der Waals surface area contributed by atoms with Crippen LogP contribution in [-0.4, -0.2) is 42.8 Å². The molecule has 97 heavy (non-hydrogen) atoms. The first-order valence-electron chi connectivity index (χ1n) is 33.2. The summed E-state index contributed by atoms with van der Waals surface area (Å²) in [6.45, 7) is 34.7. The summed E-state index contributed by atoms with van der Waals surface area (Å²) in [6, 6.07) is 86.5. The number of aryl methyl sites for hydroxylation is 7. The van der Waals surface area contributed by atoms with Crippen LogP contribution in [0.3, 0.4) is 0 Å². The van der Waals surface area contributed by atoms with Crippen molar-refractivity contribution in [3.63, 3.8) is 0 Å². The molecule has 8 aromatic carbocycles. The van der Waals surface area contributed by atoms with Crippen molar-refractivity contribution in [1.29, 1.82) is 0 Å². The molecule has 0 atom stereocenters. The number of rotatable bonds is 15. The molecule has 0 bridgehead atoms. The molecule has 4 aromatic heterocycles. The summed E-state index contributed by atoms with van der Waals surface area (Å²) in [5.74, 6) is 0.413. The van der Waals surface area contributed by atoms with Crippen LogP contribution in [0.5, 0.6) is 0 Å². The first kappa shape index (κ1) is 76.7. The van der Waals surface area contributed by atoms with Gasteiger partial charge in [-0.1, -0.05) is 249 Å². The topological polar surface area (TPSA) is 68.6 Å². The third-order valence-electron chi connectivity index (χ3n) is 17.1. The molecule has 498 valence electrons. The van der Waals surface area contributed by atoms with Gasteiger partial charge in [0.15, 0.2) is 7.14 Å². The van der Waals surface area contributed by atoms with Crippen molar-refractivity contribution in [2.75, 3.05) is 0 Å². The van der Waals surface area contributed by atoms with Crippen molar-refractivity contribution in [1.82, 2.24) is 19.9 Å². The first-order valence-corrected chi connectivity index (χ1v) is 41.9. The van der Waals surface area contributed by atoms with Crippen LogP contribution in [0.15, 0.2) is 243 Å². The van der Waals surface area contributed by atoms with Gasteiger partial charge < -0.3 is 24.5 Å². The zero-order valence-corrected chi connectivity index (χ0v) is 66.7. The summed E-state index contributed by atoms with van der Waals surface area (Å²) in [6.07, 6.45) is 10.0. The Bertz CT molecular complexity index is 4240. The van der Waals surface area contributed by atoms with Crippen molar-refractivity contribution in [3.8, 4) is 45.0 Å². The number of benzene rings is 8. The van der Waals surface area contributed by atoms with Crippen LogP contribution in [-0.2, 0) is 51.2 Å². The largest absolute Gasteiger partial charge is 0.310 e. The maximum atomic E-state index is 14.7. The van der Waals surface area contributed by atoms with Gasteiger partial charge in [0, 0.05) is 75.6 Å². The summed E-state index contributed by atoms with van der Waals surface area (Å²) in [4.78, 5) is 18.3. The van der Waals surface area contributed by atoms with Crippen LogP contribution in [0.2, 0.25) is 39.3 Å². The van der Waals surface area contributed by atoms with Gasteiger partial charge in [-0.3, -0.25) is 0 Å². The van der Waals surface area contributed by atoms with E-state index in [9.17, 15) is 4.57 Å². The van der Waals surface area contributed by atoms with Gasteiger partial charge in [-0.05, 0) is 99.2 Å². The van der Waals surface area contributed by atoms with Gasteiger partial charge >= 0.3 is 0 Å². The van der Waals surface area contributed by atoms with Crippen molar-refractivity contribution in [3.05, 3.63) is 312 Å². The van der Waals surface area contributed by atoms with E-state index in [-0.39, 0.29) is 46.9 Å². The van der Waals surface area contributed by atoms with Crippen LogP contribution in [0.1, 0.15) is 77.6 Å². The average Bonchev–Trinajstić information content (AvgIpc) is 0.772. The molecule has 0 N–H and O–H groups in total. The minimum absolute atomic E-state index is 0. The van der Waals surface area contributed by atoms with Crippen LogP contribution >= 0.6 is 7.14 Å². The quantitative estimate of drug-likeness (QED) is 0.0581. The Morgan fingerprint density at radius 3 is 1.27 bits per heavy atom. The first-order chi connectivity index (χ1) is 45.5. The summed E-state index contributed by atoms with van der Waals surface area (Å²) in [5, 5.41) is 5.35. The van der Waals surface area contributed by atoms with Gasteiger partial charge in [0.05, 0.1) is 16.1 Å². The maximum absolute atomic E-state index is 14.7. The van der Waals surface area contributed by atoms with Crippen molar-refractivity contribution >= 4 is 72.7 Å². The molecule has 0 unspecified atom stereocenters. The smallest absolute Gasteiger partial charge is 0.224 e. The summed E-state index contributed by atoms with van der Waals surface area (Å²) < 4.78 is 14.7. The number of hydrogen-bond donors (Lipinski definition) is 0. The Balaban J connectivity index is 0.000000201. The fraction of sp³-hybridized carbons (Fsp3) is 0.209. The predicted octanol–water partition coefficient (Wildman–Crippen LogP) is 17.4. The predicted molar refractivity (Wildman–Crippen MR) is 413 cm³/mol. The molecule has 0 saturated heterocycles. The fourth-order valence-electron chi connectivity index (χ4n) is 12.8. The second-order valence-electron chi connectivity index (χ2n) is 27.1. The second kappa shape index (κ2) is 35.2. The van der Waals surface area contributed by atoms with E-state index in [4.69, 9.17) is 9.97 Å². The number of aromatic nitrogens is 4. The number of nitrogens with zero attached hydrogens (tertiary/aromatic N) is 4. The van der Waals surface area contributed by atoms with Crippen molar-refractivity contribution in [2.45, 2.75) is 120 Å². The Morgan fingerprint density at radius 2 is 0.845 bits per heavy atom. The normalized spacial score (nSPS) is 11.1. The molecule has 12 rings (SSSR count). The zero-order valence-electron chi connectivity index (χ0n) is 59.0. The average molecular weight is 1680 g/mol. The monoisotopic (exact) mass is 1680 g/mol. The van der Waals surface area contributed by atoms with Crippen LogP contribution in [0, 0.1) is 65.8 Å². The standard InChI is InChI=1S/C35H43BNSi.C29H31NOPSi.2C11H8N.2Ir/c1-11-13-30-21-32(37-22-33(30)38(8,9)10)29-14-12-15-31(20-29)36(34-25(4)16-23(2)17-26(34)5)35-27(6)18-24(3)19-28(35)7;1-22(2)27-20-28(30-21-29(27)33(3,4)5)23-13-12-18-26(19-23)32(31,24-14-8-6-9-15-24)25-16-10-7-11-17-25;2*1-2-6-10(7-3-1)11-8-4-5-9-12-11;;/h12,15-22H,11,13H2,1-10H3;6-12,14-22H,1-5H3;2*1-6,8-9H;;/q4*-1;;. The molecule has 0 amide bonds. The summed E-state index contributed by atoms with van der Waals surface area (Å²) >= 11 is 0. The number of hydrogen-bond acceptors (Lipinski definition) is 5. The van der Waals surface area contributed by atoms with E-state index in [1.807, 2.05) is 164 Å². The van der Waals surface area contributed by atoms with E-state index >= 15 is 0 Å². The Kier molecular flexibility index (Phi) is 27.9. The molecule has 11 heteroatoms. The van der Waals surface area contributed by atoms with E-state index in [1.165, 1.54) is 71.3 Å². The van der Waals surface area contributed by atoms with Crippen LogP contribution in [0.4, 0.5) is 0 Å². The Morgan fingerprint density at radius 1 is 0.423 bits per heavy atom. The Labute approximate surface area is 609 Å². The molecule has 0 spiro atoms. The Hall–Kier alpha value is -7.61. The molecule has 0 saturated carbocycles. The molecule has 2 radical (unpaired) electrons. The minimum atomic E-state index is -3.03. The molecule has 0 aliphatic carbocycles. The van der Waals surface area contributed by atoms with Crippen LogP contribution in [0.25, 0.3) is 45.0 Å². The SMILES string of the molecule is CC(C)c1cc(-c2[c-]ccc(P(=O)(c3ccccc3)c3ccccc3)c2)ncc1[Si](C)(C)C.CCCc1cc(-c2[c-]ccc(B(c3c(C)cc(C)cc3C)c3c(C)cc(C)cc3C)c2)ncc1[Si](C)(C)C.[Ir].[Ir].[c-]1ccccc1-c1ccccn1.[c-]1ccccc1-c1ccccn1. The molecule has 5 nitrogen and oxygen atoms in total. The van der Waals surface area contributed by atoms with E-state index in [1.54, 1.807) is 12.4 Å². The van der Waals surface area contributed by atoms with Gasteiger partial charge in [0.2, 0.25) is 6.71 Å². The summed E-state index contributed by atoms with van der Waals surface area (Å²) in [7, 11) is -6.01. The molecule has 0 aliphatic heterocycles. The van der Waals surface area contributed by atoms with E-state index in [0.29, 0.717) is 5.92 Å². The van der Waals surface area contributed by atoms with Crippen LogP contribution < -0.4 is 42.7 Å². The number of pyridine rings is 4. The fourth-order valence-corrected chi connectivity index (χ4v) is 18.7. The minimum Gasteiger partial charge on any atom is -0.310 e. The third-order valence-corrected chi connectivity index (χ3v) is 24.3. The zero-order chi connectivity index (χ0) is 67.9. The summed E-state index contributed by atoms with van der Waals surface area (Å²) in [5.41, 5.74) is 22.9. The van der Waals surface area contributed by atoms with E-state index in [2.05, 4.69) is 203 Å². The molecule has 4 heterocycles. The molecular weight excluding hydrogens is 1590 g/mol. The maximum Gasteiger partial charge on any atom is 0.224 e. The van der Waals surface area contributed by atoms with Gasteiger partial charge in [-0.25, -0.2) is 0 Å². The molecule has 0 aliphatic rings. The molecular formula is C86H90BIr2N4OPSi2-4. The van der Waals surface area contributed by atoms with Gasteiger partial charge in [-0.2, -0.15) is 5.46 Å². The second-order valence-corrected chi connectivity index (χ2v) is 40.0. The van der Waals surface area contributed by atoms with Gasteiger partial charge in [0.1, 0.15) is 0 Å². The van der Waals surface area contributed by atoms with Crippen molar-refractivity contribution in [2.24, 2.45) is 0 Å². The van der Waals surface area contributed by atoms with E-state index < -0.39 is 23.3 Å².